The van der Waals surface area contributed by atoms with Gasteiger partial charge in [0.25, 0.3) is 0 Å². The lowest BCUT2D eigenvalue weighted by molar-refractivity contribution is 0.292. The van der Waals surface area contributed by atoms with Crippen LogP contribution in [0, 0.1) is 5.92 Å². The quantitative estimate of drug-likeness (QED) is 0.879. The van der Waals surface area contributed by atoms with E-state index in [0.717, 1.165) is 35.4 Å². The predicted octanol–water partition coefficient (Wildman–Crippen LogP) is 3.12. The van der Waals surface area contributed by atoms with Crippen LogP contribution < -0.4 is 10.5 Å². The first-order valence-corrected chi connectivity index (χ1v) is 6.42. The van der Waals surface area contributed by atoms with Crippen LogP contribution in [0.25, 0.3) is 10.9 Å². The molecular weight excluding hydrogens is 224 g/mol. The highest BCUT2D eigenvalue weighted by Gasteiger charge is 2.06. The Balaban J connectivity index is 2.29. The lowest BCUT2D eigenvalue weighted by Crippen LogP contribution is -2.05. The molecule has 2 rings (SSSR count). The smallest absolute Gasteiger partial charge is 0.130 e. The number of ether oxygens (including phenoxy) is 1. The van der Waals surface area contributed by atoms with E-state index in [1.165, 1.54) is 0 Å². The van der Waals surface area contributed by atoms with E-state index in [1.807, 2.05) is 30.3 Å². The summed E-state index contributed by atoms with van der Waals surface area (Å²) in [6, 6.07) is 9.95. The molecule has 0 aliphatic carbocycles. The third kappa shape index (κ3) is 2.99. The Kier molecular flexibility index (Phi) is 4.15. The Morgan fingerprint density at radius 2 is 2.06 bits per heavy atom. The first kappa shape index (κ1) is 12.8. The molecule has 1 aromatic heterocycles. The van der Waals surface area contributed by atoms with Gasteiger partial charge in [-0.15, -0.1) is 0 Å². The number of nitrogens with two attached hydrogens (primary N) is 1. The van der Waals surface area contributed by atoms with Gasteiger partial charge in [0.2, 0.25) is 0 Å². The molecule has 3 heteroatoms. The van der Waals surface area contributed by atoms with Crippen molar-refractivity contribution < 1.29 is 4.74 Å². The van der Waals surface area contributed by atoms with Crippen molar-refractivity contribution in [1.82, 2.24) is 4.98 Å². The molecule has 0 saturated heterocycles. The van der Waals surface area contributed by atoms with Gasteiger partial charge >= 0.3 is 0 Å². The average Bonchev–Trinajstić information content (AvgIpc) is 2.38. The molecule has 0 fully saturated rings. The maximum absolute atomic E-state index is 5.88. The second kappa shape index (κ2) is 5.83. The summed E-state index contributed by atoms with van der Waals surface area (Å²) < 4.78 is 5.88. The topological polar surface area (TPSA) is 48.1 Å². The zero-order valence-corrected chi connectivity index (χ0v) is 11.0. The fourth-order valence-electron chi connectivity index (χ4n) is 1.82. The minimum atomic E-state index is 0.436. The number of hydrogen-bond donors (Lipinski definition) is 1. The van der Waals surface area contributed by atoms with Gasteiger partial charge in [-0.2, -0.15) is 0 Å². The van der Waals surface area contributed by atoms with Crippen molar-refractivity contribution in [2.45, 2.75) is 26.8 Å². The highest BCUT2D eigenvalue weighted by molar-refractivity contribution is 5.85. The van der Waals surface area contributed by atoms with E-state index in [-0.39, 0.29) is 0 Å². The van der Waals surface area contributed by atoms with E-state index in [2.05, 4.69) is 18.8 Å². The molecule has 0 bridgehead atoms. The normalized spacial score (nSPS) is 11.1. The molecule has 18 heavy (non-hydrogen) atoms. The molecule has 3 nitrogen and oxygen atoms in total. The predicted molar refractivity (Wildman–Crippen MR) is 74.6 cm³/mol. The van der Waals surface area contributed by atoms with E-state index in [4.69, 9.17) is 10.5 Å². The van der Waals surface area contributed by atoms with Crippen LogP contribution in [0.4, 0.5) is 0 Å². The fourth-order valence-corrected chi connectivity index (χ4v) is 1.82. The zero-order chi connectivity index (χ0) is 13.0. The van der Waals surface area contributed by atoms with Gasteiger partial charge in [0.05, 0.1) is 17.8 Å². The summed E-state index contributed by atoms with van der Waals surface area (Å²) >= 11 is 0. The van der Waals surface area contributed by atoms with Crippen LogP contribution in [0.5, 0.6) is 5.75 Å². The minimum Gasteiger partial charge on any atom is -0.493 e. The third-order valence-electron chi connectivity index (χ3n) is 2.89. The van der Waals surface area contributed by atoms with Crippen LogP contribution in [-0.2, 0) is 6.54 Å². The molecule has 0 amide bonds. The molecular formula is C15H20N2O. The summed E-state index contributed by atoms with van der Waals surface area (Å²) in [7, 11) is 0. The second-order valence-electron chi connectivity index (χ2n) is 4.86. The molecule has 0 aliphatic rings. The Bertz CT molecular complexity index is 523. The summed E-state index contributed by atoms with van der Waals surface area (Å²) in [5.41, 5.74) is 7.48. The minimum absolute atomic E-state index is 0.436. The first-order chi connectivity index (χ1) is 8.70. The van der Waals surface area contributed by atoms with Crippen LogP contribution in [0.3, 0.4) is 0 Å². The van der Waals surface area contributed by atoms with Gasteiger partial charge in [0, 0.05) is 18.0 Å². The van der Waals surface area contributed by atoms with Gasteiger partial charge in [-0.1, -0.05) is 26.0 Å². The Morgan fingerprint density at radius 1 is 1.28 bits per heavy atom. The van der Waals surface area contributed by atoms with E-state index in [9.17, 15) is 0 Å². The van der Waals surface area contributed by atoms with Gasteiger partial charge < -0.3 is 10.5 Å². The molecule has 1 aromatic carbocycles. The number of fused-ring (bicyclic) bond motifs is 1. The summed E-state index contributed by atoms with van der Waals surface area (Å²) in [6.07, 6.45) is 1.05. The Labute approximate surface area is 108 Å². The Morgan fingerprint density at radius 3 is 2.78 bits per heavy atom. The van der Waals surface area contributed by atoms with Gasteiger partial charge in [-0.3, -0.25) is 4.98 Å². The molecule has 0 aliphatic heterocycles. The largest absolute Gasteiger partial charge is 0.493 e. The van der Waals surface area contributed by atoms with Gasteiger partial charge in [0.1, 0.15) is 5.75 Å². The van der Waals surface area contributed by atoms with Crippen molar-refractivity contribution in [3.63, 3.8) is 0 Å². The van der Waals surface area contributed by atoms with Crippen molar-refractivity contribution in [3.05, 3.63) is 36.0 Å². The number of aromatic nitrogens is 1. The molecule has 0 spiro atoms. The molecule has 2 N–H and O–H groups in total. The van der Waals surface area contributed by atoms with Crippen molar-refractivity contribution in [2.24, 2.45) is 11.7 Å². The summed E-state index contributed by atoms with van der Waals surface area (Å²) in [4.78, 5) is 4.49. The third-order valence-corrected chi connectivity index (χ3v) is 2.89. The van der Waals surface area contributed by atoms with E-state index < -0.39 is 0 Å². The summed E-state index contributed by atoms with van der Waals surface area (Å²) in [5.74, 6) is 1.54. The number of para-hydroxylation sites is 1. The van der Waals surface area contributed by atoms with E-state index in [1.54, 1.807) is 0 Å². The maximum atomic E-state index is 5.88. The second-order valence-corrected chi connectivity index (χ2v) is 4.86. The van der Waals surface area contributed by atoms with Crippen LogP contribution in [0.2, 0.25) is 0 Å². The van der Waals surface area contributed by atoms with Crippen molar-refractivity contribution in [3.8, 4) is 5.75 Å². The molecule has 0 saturated carbocycles. The maximum Gasteiger partial charge on any atom is 0.130 e. The van der Waals surface area contributed by atoms with Crippen molar-refractivity contribution in [1.29, 1.82) is 0 Å². The van der Waals surface area contributed by atoms with Crippen LogP contribution >= 0.6 is 0 Å². The van der Waals surface area contributed by atoms with Gasteiger partial charge in [0.15, 0.2) is 0 Å². The molecule has 96 valence electrons. The summed E-state index contributed by atoms with van der Waals surface area (Å²) in [6.45, 7) is 5.56. The van der Waals surface area contributed by atoms with E-state index >= 15 is 0 Å². The summed E-state index contributed by atoms with van der Waals surface area (Å²) in [5, 5.41) is 1.05. The highest BCUT2D eigenvalue weighted by atomic mass is 16.5. The first-order valence-electron chi connectivity index (χ1n) is 6.42. The Hall–Kier alpha value is -1.61. The number of benzene rings is 1. The van der Waals surface area contributed by atoms with Gasteiger partial charge in [-0.25, -0.2) is 0 Å². The average molecular weight is 244 g/mol. The van der Waals surface area contributed by atoms with E-state index in [0.29, 0.717) is 12.5 Å². The molecule has 0 unspecified atom stereocenters. The van der Waals surface area contributed by atoms with Crippen molar-refractivity contribution in [2.75, 3.05) is 6.61 Å². The number of nitrogens with zero attached hydrogens (tertiary/aromatic N) is 1. The lowest BCUT2D eigenvalue weighted by atomic mass is 10.1. The van der Waals surface area contributed by atoms with Crippen LogP contribution in [0.1, 0.15) is 26.0 Å². The monoisotopic (exact) mass is 244 g/mol. The van der Waals surface area contributed by atoms with Crippen LogP contribution in [-0.4, -0.2) is 11.6 Å². The standard InChI is InChI=1S/C15H20N2O/c1-11(2)7-8-18-15-9-12(10-16)17-14-6-4-3-5-13(14)15/h3-6,9,11H,7-8,10,16H2,1-2H3. The van der Waals surface area contributed by atoms with Gasteiger partial charge in [-0.05, 0) is 24.5 Å². The molecule has 0 radical (unpaired) electrons. The number of rotatable bonds is 5. The zero-order valence-electron chi connectivity index (χ0n) is 11.0. The molecule has 1 heterocycles. The lowest BCUT2D eigenvalue weighted by Gasteiger charge is -2.11. The SMILES string of the molecule is CC(C)CCOc1cc(CN)nc2ccccc12. The van der Waals surface area contributed by atoms with Crippen molar-refractivity contribution >= 4 is 10.9 Å². The number of pyridine rings is 1. The molecule has 2 aromatic rings. The van der Waals surface area contributed by atoms with Crippen LogP contribution in [0.15, 0.2) is 30.3 Å². The highest BCUT2D eigenvalue weighted by Crippen LogP contribution is 2.25. The fraction of sp³-hybridized carbons (Fsp3) is 0.400. The molecule has 0 atom stereocenters. The number of hydrogen-bond acceptors (Lipinski definition) is 3.